The van der Waals surface area contributed by atoms with Gasteiger partial charge in [0.2, 0.25) is 0 Å². The zero-order valence-electron chi connectivity index (χ0n) is 11.5. The molecule has 0 heterocycles. The maximum atomic E-state index is 11.0. The second-order valence-electron chi connectivity index (χ2n) is 4.25. The summed E-state index contributed by atoms with van der Waals surface area (Å²) in [7, 11) is 3.30. The molecule has 0 aliphatic rings. The number of methoxy groups -OCH3 is 1. The normalized spacial score (nSPS) is 10.0. The van der Waals surface area contributed by atoms with Gasteiger partial charge >= 0.3 is 0 Å². The minimum Gasteiger partial charge on any atom is -0.497 e. The molecule has 0 aliphatic carbocycles. The Hall–Kier alpha value is -2.28. The van der Waals surface area contributed by atoms with Crippen LogP contribution in [0.25, 0.3) is 0 Å². The molecule has 2 rings (SSSR count). The lowest BCUT2D eigenvalue weighted by molar-refractivity contribution is -0.384. The second kappa shape index (κ2) is 6.45. The highest BCUT2D eigenvalue weighted by molar-refractivity contribution is 9.10. The van der Waals surface area contributed by atoms with Crippen molar-refractivity contribution in [3.05, 3.63) is 51.0 Å². The van der Waals surface area contributed by atoms with Crippen LogP contribution in [-0.2, 0) is 0 Å². The maximum absolute atomic E-state index is 11.0. The van der Waals surface area contributed by atoms with Crippen LogP contribution in [0, 0.1) is 10.1 Å². The summed E-state index contributed by atoms with van der Waals surface area (Å²) in [6, 6.07) is 10.2. The second-order valence-corrected chi connectivity index (χ2v) is 5.10. The van der Waals surface area contributed by atoms with Gasteiger partial charge in [0.05, 0.1) is 17.7 Å². The predicted molar refractivity (Wildman–Crippen MR) is 86.6 cm³/mol. The molecule has 0 atom stereocenters. The molecule has 110 valence electrons. The minimum absolute atomic E-state index is 0.0170. The number of hydrogen-bond acceptors (Lipinski definition) is 5. The molecular formula is C14H14BrN3O3. The molecule has 0 saturated heterocycles. The largest absolute Gasteiger partial charge is 0.497 e. The zero-order chi connectivity index (χ0) is 15.4. The molecule has 2 aromatic rings. The molecule has 2 N–H and O–H groups in total. The van der Waals surface area contributed by atoms with E-state index < -0.39 is 4.92 Å². The highest BCUT2D eigenvalue weighted by atomic mass is 79.9. The molecule has 21 heavy (non-hydrogen) atoms. The fourth-order valence-electron chi connectivity index (χ4n) is 1.82. The third-order valence-corrected chi connectivity index (χ3v) is 3.56. The molecular weight excluding hydrogens is 338 g/mol. The topological polar surface area (TPSA) is 76.4 Å². The number of non-ortho nitro benzene ring substituents is 1. The smallest absolute Gasteiger partial charge is 0.273 e. The van der Waals surface area contributed by atoms with Crippen molar-refractivity contribution in [2.45, 2.75) is 0 Å². The number of anilines is 3. The van der Waals surface area contributed by atoms with Crippen LogP contribution < -0.4 is 15.4 Å². The van der Waals surface area contributed by atoms with Gasteiger partial charge in [-0.05, 0) is 34.1 Å². The number of nitro benzene ring substituents is 1. The molecule has 0 bridgehead atoms. The molecule has 0 aliphatic heterocycles. The molecule has 6 nitrogen and oxygen atoms in total. The Bertz CT molecular complexity index is 677. The fraction of sp³-hybridized carbons (Fsp3) is 0.143. The van der Waals surface area contributed by atoms with Crippen molar-refractivity contribution in [3.8, 4) is 5.75 Å². The Morgan fingerprint density at radius 2 is 1.90 bits per heavy atom. The number of ether oxygens (including phenoxy) is 1. The summed E-state index contributed by atoms with van der Waals surface area (Å²) in [5, 5.41) is 17.0. The van der Waals surface area contributed by atoms with Crippen LogP contribution in [0.2, 0.25) is 0 Å². The van der Waals surface area contributed by atoms with E-state index in [9.17, 15) is 10.1 Å². The van der Waals surface area contributed by atoms with Crippen molar-refractivity contribution in [3.63, 3.8) is 0 Å². The van der Waals surface area contributed by atoms with Crippen LogP contribution >= 0.6 is 15.9 Å². The van der Waals surface area contributed by atoms with Crippen molar-refractivity contribution < 1.29 is 9.66 Å². The van der Waals surface area contributed by atoms with Gasteiger partial charge in [-0.25, -0.2) is 0 Å². The summed E-state index contributed by atoms with van der Waals surface area (Å²) in [5.41, 5.74) is 2.05. The first-order chi connectivity index (χ1) is 10.0. The number of nitrogens with zero attached hydrogens (tertiary/aromatic N) is 1. The molecule has 0 aromatic heterocycles. The Labute approximate surface area is 130 Å². The van der Waals surface area contributed by atoms with Gasteiger partial charge in [-0.1, -0.05) is 0 Å². The van der Waals surface area contributed by atoms with Crippen molar-refractivity contribution in [1.82, 2.24) is 0 Å². The summed E-state index contributed by atoms with van der Waals surface area (Å²) in [5.74, 6) is 0.694. The van der Waals surface area contributed by atoms with Crippen LogP contribution in [0.1, 0.15) is 0 Å². The van der Waals surface area contributed by atoms with E-state index in [0.717, 1.165) is 10.2 Å². The number of rotatable bonds is 5. The van der Waals surface area contributed by atoms with Crippen LogP contribution in [-0.4, -0.2) is 19.1 Å². The van der Waals surface area contributed by atoms with Gasteiger partial charge in [0.15, 0.2) is 0 Å². The number of benzene rings is 2. The van der Waals surface area contributed by atoms with E-state index in [1.165, 1.54) is 12.1 Å². The summed E-state index contributed by atoms with van der Waals surface area (Å²) < 4.78 is 6.01. The van der Waals surface area contributed by atoms with Gasteiger partial charge in [-0.2, -0.15) is 0 Å². The highest BCUT2D eigenvalue weighted by Crippen LogP contribution is 2.32. The SMILES string of the molecule is CNc1cc(Nc2cc(OC)ccc2Br)cc([N+](=O)[O-])c1. The van der Waals surface area contributed by atoms with Crippen LogP contribution in [0.5, 0.6) is 5.75 Å². The summed E-state index contributed by atoms with van der Waals surface area (Å²) in [6.45, 7) is 0. The Kier molecular flexibility index (Phi) is 4.64. The van der Waals surface area contributed by atoms with E-state index in [1.807, 2.05) is 18.2 Å². The maximum Gasteiger partial charge on any atom is 0.273 e. The van der Waals surface area contributed by atoms with E-state index in [2.05, 4.69) is 26.6 Å². The highest BCUT2D eigenvalue weighted by Gasteiger charge is 2.10. The van der Waals surface area contributed by atoms with E-state index in [4.69, 9.17) is 4.74 Å². The van der Waals surface area contributed by atoms with Crippen molar-refractivity contribution in [2.75, 3.05) is 24.8 Å². The lowest BCUT2D eigenvalue weighted by Crippen LogP contribution is -1.97. The van der Waals surface area contributed by atoms with Crippen molar-refractivity contribution >= 4 is 38.7 Å². The summed E-state index contributed by atoms with van der Waals surface area (Å²) in [6.07, 6.45) is 0. The number of nitrogens with one attached hydrogen (secondary N) is 2. The van der Waals surface area contributed by atoms with Gasteiger partial charge in [-0.3, -0.25) is 10.1 Å². The van der Waals surface area contributed by atoms with E-state index in [0.29, 0.717) is 17.1 Å². The average molecular weight is 352 g/mol. The van der Waals surface area contributed by atoms with E-state index in [-0.39, 0.29) is 5.69 Å². The number of hydrogen-bond donors (Lipinski definition) is 2. The fourth-order valence-corrected chi connectivity index (χ4v) is 2.16. The number of nitro groups is 1. The zero-order valence-corrected chi connectivity index (χ0v) is 13.1. The van der Waals surface area contributed by atoms with E-state index >= 15 is 0 Å². The lowest BCUT2D eigenvalue weighted by atomic mass is 10.2. The summed E-state index contributed by atoms with van der Waals surface area (Å²) >= 11 is 3.43. The molecule has 0 fully saturated rings. The van der Waals surface area contributed by atoms with E-state index in [1.54, 1.807) is 20.2 Å². The Balaban J connectivity index is 2.39. The molecule has 0 amide bonds. The van der Waals surface area contributed by atoms with Crippen LogP contribution in [0.15, 0.2) is 40.9 Å². The third-order valence-electron chi connectivity index (χ3n) is 2.87. The lowest BCUT2D eigenvalue weighted by Gasteiger charge is -2.11. The quantitative estimate of drug-likeness (QED) is 0.624. The molecule has 2 aromatic carbocycles. The van der Waals surface area contributed by atoms with Gasteiger partial charge in [0.1, 0.15) is 5.75 Å². The van der Waals surface area contributed by atoms with Crippen molar-refractivity contribution in [2.24, 2.45) is 0 Å². The molecule has 0 radical (unpaired) electrons. The first-order valence-electron chi connectivity index (χ1n) is 6.11. The number of halogens is 1. The van der Waals surface area contributed by atoms with Gasteiger partial charge < -0.3 is 15.4 Å². The molecule has 7 heteroatoms. The van der Waals surface area contributed by atoms with Gasteiger partial charge in [0, 0.05) is 41.1 Å². The van der Waals surface area contributed by atoms with Gasteiger partial charge in [-0.15, -0.1) is 0 Å². The first-order valence-corrected chi connectivity index (χ1v) is 6.90. The summed E-state index contributed by atoms with van der Waals surface area (Å²) in [4.78, 5) is 10.5. The van der Waals surface area contributed by atoms with Gasteiger partial charge in [0.25, 0.3) is 5.69 Å². The van der Waals surface area contributed by atoms with Crippen LogP contribution in [0.3, 0.4) is 0 Å². The monoisotopic (exact) mass is 351 g/mol. The predicted octanol–water partition coefficient (Wildman–Crippen LogP) is 4.15. The van der Waals surface area contributed by atoms with Crippen LogP contribution in [0.4, 0.5) is 22.7 Å². The first kappa shape index (κ1) is 15.1. The third kappa shape index (κ3) is 3.63. The molecule has 0 spiro atoms. The van der Waals surface area contributed by atoms with Crippen molar-refractivity contribution in [1.29, 1.82) is 0 Å². The Morgan fingerprint density at radius 3 is 2.52 bits per heavy atom. The standard InChI is InChI=1S/C14H14BrN3O3/c1-16-9-5-10(7-11(6-9)18(19)20)17-14-8-12(21-2)3-4-13(14)15/h3-8,16-17H,1-2H3. The molecule has 0 unspecified atom stereocenters. The minimum atomic E-state index is -0.424. The molecule has 0 saturated carbocycles. The Morgan fingerprint density at radius 1 is 1.19 bits per heavy atom. The average Bonchev–Trinajstić information content (AvgIpc) is 2.49.